The van der Waals surface area contributed by atoms with Gasteiger partial charge in [-0.05, 0) is 20.8 Å². The predicted molar refractivity (Wildman–Crippen MR) is 59.0 cm³/mol. The van der Waals surface area contributed by atoms with Gasteiger partial charge in [-0.2, -0.15) is 13.2 Å². The van der Waals surface area contributed by atoms with Crippen molar-refractivity contribution in [1.29, 1.82) is 0 Å². The van der Waals surface area contributed by atoms with Crippen LogP contribution in [-0.4, -0.2) is 46.9 Å². The fourth-order valence-corrected chi connectivity index (χ4v) is 2.56. The number of alkyl halides is 3. The Labute approximate surface area is 104 Å². The third-order valence-corrected chi connectivity index (χ3v) is 3.37. The molecule has 18 heavy (non-hydrogen) atoms. The molecule has 0 radical (unpaired) electrons. The summed E-state index contributed by atoms with van der Waals surface area (Å²) in [6.07, 6.45) is -6.12. The number of fused-ring (bicyclic) bond motifs is 1. The number of aliphatic hydroxyl groups excluding tert-OH is 1. The minimum absolute atomic E-state index is 0.279. The summed E-state index contributed by atoms with van der Waals surface area (Å²) in [5.41, 5.74) is 2.01. The molecular weight excluding hydrogens is 249 g/mol. The summed E-state index contributed by atoms with van der Waals surface area (Å²) in [5.74, 6) is -0.974. The third kappa shape index (κ3) is 2.35. The summed E-state index contributed by atoms with van der Waals surface area (Å²) < 4.78 is 39.0. The van der Waals surface area contributed by atoms with Gasteiger partial charge in [-0.1, -0.05) is 0 Å². The van der Waals surface area contributed by atoms with Gasteiger partial charge in [-0.3, -0.25) is 10.6 Å². The van der Waals surface area contributed by atoms with E-state index in [1.54, 1.807) is 5.01 Å². The quantitative estimate of drug-likeness (QED) is 0.496. The lowest BCUT2D eigenvalue weighted by Crippen LogP contribution is -2.64. The third-order valence-electron chi connectivity index (χ3n) is 3.37. The number of hydrogen-bond donors (Lipinski definition) is 4. The second kappa shape index (κ2) is 4.31. The van der Waals surface area contributed by atoms with Crippen molar-refractivity contribution in [2.45, 2.75) is 50.9 Å². The van der Waals surface area contributed by atoms with E-state index in [-0.39, 0.29) is 6.67 Å². The lowest BCUT2D eigenvalue weighted by Gasteiger charge is -2.41. The number of hydrogen-bond acceptors (Lipinski definition) is 5. The highest BCUT2D eigenvalue weighted by Crippen LogP contribution is 2.37. The molecule has 0 aromatic rings. The first kappa shape index (κ1) is 14.0. The zero-order valence-electron chi connectivity index (χ0n) is 10.5. The Kier molecular flexibility index (Phi) is 3.35. The highest BCUT2D eigenvalue weighted by Gasteiger charge is 2.59. The minimum Gasteiger partial charge on any atom is -0.378 e. The molecule has 4 atom stereocenters. The first-order valence-electron chi connectivity index (χ1n) is 5.89. The van der Waals surface area contributed by atoms with Crippen molar-refractivity contribution in [2.75, 3.05) is 6.67 Å². The van der Waals surface area contributed by atoms with Gasteiger partial charge in [-0.15, -0.1) is 0 Å². The molecule has 0 bridgehead atoms. The van der Waals surface area contributed by atoms with E-state index in [4.69, 9.17) is 0 Å². The lowest BCUT2D eigenvalue weighted by atomic mass is 9.93. The Hall–Kier alpha value is -0.410. The largest absolute Gasteiger partial charge is 0.405 e. The maximum Gasteiger partial charge on any atom is 0.405 e. The van der Waals surface area contributed by atoms with Crippen LogP contribution in [0, 0.1) is 5.92 Å². The maximum absolute atomic E-state index is 13.0. The van der Waals surface area contributed by atoms with Crippen LogP contribution < -0.4 is 16.1 Å². The van der Waals surface area contributed by atoms with E-state index in [1.165, 1.54) is 0 Å². The monoisotopic (exact) mass is 268 g/mol. The molecule has 2 rings (SSSR count). The van der Waals surface area contributed by atoms with Gasteiger partial charge in [0, 0.05) is 12.2 Å². The van der Waals surface area contributed by atoms with Gasteiger partial charge in [0.05, 0.1) is 12.1 Å². The molecule has 4 N–H and O–H groups in total. The summed E-state index contributed by atoms with van der Waals surface area (Å²) >= 11 is 0. The maximum atomic E-state index is 13.0. The Morgan fingerprint density at radius 2 is 1.78 bits per heavy atom. The van der Waals surface area contributed by atoms with Crippen LogP contribution in [0.2, 0.25) is 0 Å². The van der Waals surface area contributed by atoms with Crippen molar-refractivity contribution in [3.05, 3.63) is 0 Å². The van der Waals surface area contributed by atoms with Crippen molar-refractivity contribution >= 4 is 0 Å². The molecule has 4 unspecified atom stereocenters. The van der Waals surface area contributed by atoms with Gasteiger partial charge in [-0.25, -0.2) is 10.4 Å². The van der Waals surface area contributed by atoms with Crippen molar-refractivity contribution in [3.63, 3.8) is 0 Å². The molecule has 2 saturated heterocycles. The molecule has 0 aromatic heterocycles. The van der Waals surface area contributed by atoms with E-state index in [2.05, 4.69) is 16.1 Å². The van der Waals surface area contributed by atoms with Crippen LogP contribution in [0.5, 0.6) is 0 Å². The smallest absolute Gasteiger partial charge is 0.378 e. The highest BCUT2D eigenvalue weighted by atomic mass is 19.4. The molecule has 0 saturated carbocycles. The summed E-state index contributed by atoms with van der Waals surface area (Å²) in [5, 5.41) is 16.9. The molecule has 8 heteroatoms. The SMILES string of the molecule is CC(C)(C)N1NC(C(F)(F)F)C2C(O)NCNC21. The van der Waals surface area contributed by atoms with Crippen molar-refractivity contribution in [1.82, 2.24) is 21.1 Å². The Morgan fingerprint density at radius 3 is 2.28 bits per heavy atom. The van der Waals surface area contributed by atoms with Gasteiger partial charge >= 0.3 is 6.18 Å². The normalized spacial score (nSPS) is 38.8. The summed E-state index contributed by atoms with van der Waals surface area (Å²) in [6, 6.07) is -1.75. The molecule has 5 nitrogen and oxygen atoms in total. The second-order valence-electron chi connectivity index (χ2n) is 5.74. The molecular formula is C10H19F3N4O. The first-order chi connectivity index (χ1) is 8.12. The number of aliphatic hydroxyl groups is 1. The molecule has 2 aliphatic rings. The second-order valence-corrected chi connectivity index (χ2v) is 5.74. The minimum atomic E-state index is -4.40. The van der Waals surface area contributed by atoms with E-state index in [9.17, 15) is 18.3 Å². The van der Waals surface area contributed by atoms with Crippen LogP contribution in [0.1, 0.15) is 20.8 Å². The number of rotatable bonds is 0. The van der Waals surface area contributed by atoms with Crippen molar-refractivity contribution in [2.24, 2.45) is 5.92 Å². The van der Waals surface area contributed by atoms with Gasteiger partial charge < -0.3 is 5.11 Å². The average Bonchev–Trinajstić information content (AvgIpc) is 2.56. The first-order valence-corrected chi connectivity index (χ1v) is 5.89. The fraction of sp³-hybridized carbons (Fsp3) is 1.00. The van der Waals surface area contributed by atoms with Crippen LogP contribution in [0.15, 0.2) is 0 Å². The van der Waals surface area contributed by atoms with E-state index in [0.717, 1.165) is 0 Å². The van der Waals surface area contributed by atoms with E-state index in [1.807, 2.05) is 20.8 Å². The molecule has 2 aliphatic heterocycles. The Balaban J connectivity index is 2.30. The molecule has 2 heterocycles. The number of halogens is 3. The molecule has 0 aliphatic carbocycles. The number of nitrogens with one attached hydrogen (secondary N) is 3. The molecule has 106 valence electrons. The summed E-state index contributed by atoms with van der Waals surface area (Å²) in [4.78, 5) is 0. The predicted octanol–water partition coefficient (Wildman–Crippen LogP) is -0.0530. The van der Waals surface area contributed by atoms with Gasteiger partial charge in [0.2, 0.25) is 0 Å². The Morgan fingerprint density at radius 1 is 1.17 bits per heavy atom. The number of nitrogens with zero attached hydrogens (tertiary/aromatic N) is 1. The van der Waals surface area contributed by atoms with Crippen LogP contribution >= 0.6 is 0 Å². The summed E-state index contributed by atoms with van der Waals surface area (Å²) in [7, 11) is 0. The Bertz CT molecular complexity index is 317. The lowest BCUT2D eigenvalue weighted by molar-refractivity contribution is -0.175. The van der Waals surface area contributed by atoms with Crippen LogP contribution in [0.3, 0.4) is 0 Å². The fourth-order valence-electron chi connectivity index (χ4n) is 2.56. The van der Waals surface area contributed by atoms with E-state index >= 15 is 0 Å². The average molecular weight is 268 g/mol. The van der Waals surface area contributed by atoms with Gasteiger partial charge in [0.1, 0.15) is 12.3 Å². The topological polar surface area (TPSA) is 59.6 Å². The van der Waals surface area contributed by atoms with E-state index in [0.29, 0.717) is 0 Å². The zero-order valence-corrected chi connectivity index (χ0v) is 10.5. The molecule has 2 fully saturated rings. The van der Waals surface area contributed by atoms with Gasteiger partial charge in [0.15, 0.2) is 0 Å². The summed E-state index contributed by atoms with van der Waals surface area (Å²) in [6.45, 7) is 5.75. The number of hydrazine groups is 1. The zero-order chi connectivity index (χ0) is 13.7. The van der Waals surface area contributed by atoms with E-state index < -0.39 is 36.1 Å². The van der Waals surface area contributed by atoms with Crippen LogP contribution in [0.25, 0.3) is 0 Å². The van der Waals surface area contributed by atoms with Crippen LogP contribution in [0.4, 0.5) is 13.2 Å². The standard InChI is InChI=1S/C10H19F3N4O/c1-9(2,3)17-7-5(8(18)15-4-14-7)6(16-17)10(11,12)13/h5-8,14-16,18H,4H2,1-3H3. The van der Waals surface area contributed by atoms with Crippen molar-refractivity contribution < 1.29 is 18.3 Å². The molecule has 0 aromatic carbocycles. The van der Waals surface area contributed by atoms with Crippen molar-refractivity contribution in [3.8, 4) is 0 Å². The molecule has 0 spiro atoms. The molecule has 0 amide bonds. The van der Waals surface area contributed by atoms with Gasteiger partial charge in [0.25, 0.3) is 0 Å². The highest BCUT2D eigenvalue weighted by molar-refractivity contribution is 5.02. The van der Waals surface area contributed by atoms with Crippen LogP contribution in [-0.2, 0) is 0 Å².